The summed E-state index contributed by atoms with van der Waals surface area (Å²) in [7, 11) is 0. The zero-order chi connectivity index (χ0) is 11.7. The van der Waals surface area contributed by atoms with E-state index in [4.69, 9.17) is 5.73 Å². The van der Waals surface area contributed by atoms with Crippen LogP contribution < -0.4 is 5.73 Å². The van der Waals surface area contributed by atoms with Crippen LogP contribution in [0.1, 0.15) is 11.1 Å². The molecule has 0 bridgehead atoms. The largest absolute Gasteiger partial charge is 0.397 e. The van der Waals surface area contributed by atoms with Crippen LogP contribution in [0.4, 0.5) is 10.1 Å². The van der Waals surface area contributed by atoms with Crippen molar-refractivity contribution < 1.29 is 4.39 Å². The van der Waals surface area contributed by atoms with E-state index in [1.165, 1.54) is 6.07 Å². The lowest BCUT2D eigenvalue weighted by molar-refractivity contribution is 0.629. The molecule has 2 aromatic rings. The number of hydrogen-bond acceptors (Lipinski definition) is 2. The quantitative estimate of drug-likeness (QED) is 0.795. The van der Waals surface area contributed by atoms with E-state index < -0.39 is 0 Å². The van der Waals surface area contributed by atoms with E-state index in [-0.39, 0.29) is 5.82 Å². The summed E-state index contributed by atoms with van der Waals surface area (Å²) in [5, 5.41) is 0. The molecule has 0 fully saturated rings. The van der Waals surface area contributed by atoms with Crippen molar-refractivity contribution in [2.24, 2.45) is 0 Å². The standard InChI is InChI=1S/C13H13FN2/c1-8-3-4-11(12(14)5-8)13-9(2)6-10(15)7-16-13/h3-7H,15H2,1-2H3. The number of aryl methyl sites for hydroxylation is 2. The zero-order valence-electron chi connectivity index (χ0n) is 9.29. The van der Waals surface area contributed by atoms with Gasteiger partial charge >= 0.3 is 0 Å². The molecular formula is C13H13FN2. The van der Waals surface area contributed by atoms with Crippen LogP contribution in [0.25, 0.3) is 11.3 Å². The molecule has 2 N–H and O–H groups in total. The van der Waals surface area contributed by atoms with Crippen LogP contribution in [0.5, 0.6) is 0 Å². The van der Waals surface area contributed by atoms with E-state index in [1.807, 2.05) is 19.9 Å². The predicted octanol–water partition coefficient (Wildman–Crippen LogP) is 3.09. The smallest absolute Gasteiger partial charge is 0.132 e. The molecule has 0 unspecified atom stereocenters. The molecule has 2 nitrogen and oxygen atoms in total. The summed E-state index contributed by atoms with van der Waals surface area (Å²) >= 11 is 0. The lowest BCUT2D eigenvalue weighted by Gasteiger charge is -2.07. The van der Waals surface area contributed by atoms with E-state index >= 15 is 0 Å². The fourth-order valence-corrected chi connectivity index (χ4v) is 1.69. The molecule has 0 aliphatic carbocycles. The number of benzene rings is 1. The maximum atomic E-state index is 13.7. The Morgan fingerprint density at radius 3 is 2.56 bits per heavy atom. The molecule has 0 atom stereocenters. The molecule has 3 heteroatoms. The number of nitrogens with two attached hydrogens (primary N) is 1. The highest BCUT2D eigenvalue weighted by Crippen LogP contribution is 2.25. The topological polar surface area (TPSA) is 38.9 Å². The summed E-state index contributed by atoms with van der Waals surface area (Å²) in [6.07, 6.45) is 1.54. The summed E-state index contributed by atoms with van der Waals surface area (Å²) in [5.41, 5.74) is 9.14. The molecule has 82 valence electrons. The van der Waals surface area contributed by atoms with Gasteiger partial charge in [0.05, 0.1) is 17.6 Å². The summed E-state index contributed by atoms with van der Waals surface area (Å²) in [4.78, 5) is 4.17. The summed E-state index contributed by atoms with van der Waals surface area (Å²) in [5.74, 6) is -0.250. The van der Waals surface area contributed by atoms with Crippen molar-refractivity contribution >= 4 is 5.69 Å². The van der Waals surface area contributed by atoms with E-state index in [2.05, 4.69) is 4.98 Å². The number of hydrogen-bond donors (Lipinski definition) is 1. The number of rotatable bonds is 1. The number of nitrogen functional groups attached to an aromatic ring is 1. The van der Waals surface area contributed by atoms with Crippen molar-refractivity contribution in [1.82, 2.24) is 4.98 Å². The van der Waals surface area contributed by atoms with Crippen molar-refractivity contribution in [2.45, 2.75) is 13.8 Å². The third kappa shape index (κ3) is 1.89. The van der Waals surface area contributed by atoms with Crippen molar-refractivity contribution in [1.29, 1.82) is 0 Å². The molecule has 1 aromatic carbocycles. The van der Waals surface area contributed by atoms with Crippen molar-refractivity contribution in [2.75, 3.05) is 5.73 Å². The van der Waals surface area contributed by atoms with Gasteiger partial charge in [-0.25, -0.2) is 4.39 Å². The van der Waals surface area contributed by atoms with Crippen LogP contribution >= 0.6 is 0 Å². The molecule has 2 rings (SSSR count). The fourth-order valence-electron chi connectivity index (χ4n) is 1.69. The van der Waals surface area contributed by atoms with Crippen molar-refractivity contribution in [3.8, 4) is 11.3 Å². The Hall–Kier alpha value is -1.90. The molecule has 1 aromatic heterocycles. The summed E-state index contributed by atoms with van der Waals surface area (Å²) in [6.45, 7) is 3.73. The van der Waals surface area contributed by atoms with Crippen LogP contribution in [-0.2, 0) is 0 Å². The number of aromatic nitrogens is 1. The Bertz CT molecular complexity index is 486. The minimum atomic E-state index is -0.250. The second-order valence-electron chi connectivity index (χ2n) is 3.92. The third-order valence-corrected chi connectivity index (χ3v) is 2.48. The highest BCUT2D eigenvalue weighted by molar-refractivity contribution is 5.65. The van der Waals surface area contributed by atoms with Gasteiger partial charge < -0.3 is 5.73 Å². The van der Waals surface area contributed by atoms with Crippen LogP contribution in [0.3, 0.4) is 0 Å². The van der Waals surface area contributed by atoms with Crippen molar-refractivity contribution in [3.05, 3.63) is 47.4 Å². The highest BCUT2D eigenvalue weighted by Gasteiger charge is 2.09. The summed E-state index contributed by atoms with van der Waals surface area (Å²) < 4.78 is 13.7. The molecule has 0 saturated heterocycles. The van der Waals surface area contributed by atoms with Gasteiger partial charge in [0.15, 0.2) is 0 Å². The van der Waals surface area contributed by atoms with Gasteiger partial charge in [0, 0.05) is 5.56 Å². The first-order chi connectivity index (χ1) is 7.58. The Labute approximate surface area is 93.9 Å². The molecule has 0 aliphatic rings. The molecule has 0 saturated carbocycles. The van der Waals surface area contributed by atoms with Crippen LogP contribution in [0.2, 0.25) is 0 Å². The second-order valence-corrected chi connectivity index (χ2v) is 3.92. The van der Waals surface area contributed by atoms with Gasteiger partial charge in [-0.15, -0.1) is 0 Å². The number of anilines is 1. The molecule has 0 aliphatic heterocycles. The molecular weight excluding hydrogens is 203 g/mol. The Balaban J connectivity index is 2.59. The molecule has 0 spiro atoms. The van der Waals surface area contributed by atoms with E-state index in [9.17, 15) is 4.39 Å². The SMILES string of the molecule is Cc1ccc(-c2ncc(N)cc2C)c(F)c1. The van der Waals surface area contributed by atoms with Gasteiger partial charge in [0.2, 0.25) is 0 Å². The number of nitrogens with zero attached hydrogens (tertiary/aromatic N) is 1. The first-order valence-electron chi connectivity index (χ1n) is 5.06. The lowest BCUT2D eigenvalue weighted by atomic mass is 10.0. The number of halogens is 1. The van der Waals surface area contributed by atoms with Gasteiger partial charge in [0.1, 0.15) is 5.82 Å². The summed E-state index contributed by atoms with van der Waals surface area (Å²) in [6, 6.07) is 6.92. The maximum absolute atomic E-state index is 13.7. The van der Waals surface area contributed by atoms with Gasteiger partial charge in [-0.05, 0) is 43.2 Å². The minimum absolute atomic E-state index is 0.250. The van der Waals surface area contributed by atoms with Crippen LogP contribution in [0.15, 0.2) is 30.5 Å². The first kappa shape index (κ1) is 10.6. The Morgan fingerprint density at radius 2 is 1.94 bits per heavy atom. The van der Waals surface area contributed by atoms with E-state index in [0.29, 0.717) is 16.9 Å². The van der Waals surface area contributed by atoms with E-state index in [1.54, 1.807) is 18.3 Å². The maximum Gasteiger partial charge on any atom is 0.132 e. The molecule has 1 heterocycles. The normalized spacial score (nSPS) is 10.4. The van der Waals surface area contributed by atoms with Crippen molar-refractivity contribution in [3.63, 3.8) is 0 Å². The molecule has 16 heavy (non-hydrogen) atoms. The minimum Gasteiger partial charge on any atom is -0.397 e. The highest BCUT2D eigenvalue weighted by atomic mass is 19.1. The Morgan fingerprint density at radius 1 is 1.19 bits per heavy atom. The second kappa shape index (κ2) is 3.93. The predicted molar refractivity (Wildman–Crippen MR) is 63.5 cm³/mol. The van der Waals surface area contributed by atoms with Gasteiger partial charge in [-0.2, -0.15) is 0 Å². The first-order valence-corrected chi connectivity index (χ1v) is 5.06. The zero-order valence-corrected chi connectivity index (χ0v) is 9.29. The van der Waals surface area contributed by atoms with Crippen LogP contribution in [-0.4, -0.2) is 4.98 Å². The fraction of sp³-hybridized carbons (Fsp3) is 0.154. The third-order valence-electron chi connectivity index (χ3n) is 2.48. The van der Waals surface area contributed by atoms with Gasteiger partial charge in [-0.1, -0.05) is 6.07 Å². The molecule has 0 amide bonds. The van der Waals surface area contributed by atoms with E-state index in [0.717, 1.165) is 11.1 Å². The van der Waals surface area contributed by atoms with Gasteiger partial charge in [-0.3, -0.25) is 4.98 Å². The average molecular weight is 216 g/mol. The molecule has 0 radical (unpaired) electrons. The average Bonchev–Trinajstić information content (AvgIpc) is 2.19. The number of pyridine rings is 1. The monoisotopic (exact) mass is 216 g/mol. The lowest BCUT2D eigenvalue weighted by Crippen LogP contribution is -1.95. The Kier molecular flexibility index (Phi) is 2.60. The van der Waals surface area contributed by atoms with Crippen LogP contribution in [0, 0.1) is 19.7 Å². The van der Waals surface area contributed by atoms with Gasteiger partial charge in [0.25, 0.3) is 0 Å².